The fraction of sp³-hybridized carbons (Fsp3) is 0.767. The van der Waals surface area contributed by atoms with Crippen molar-refractivity contribution < 1.29 is 37.1 Å². The summed E-state index contributed by atoms with van der Waals surface area (Å²) in [6, 6.07) is -4.21. The van der Waals surface area contributed by atoms with Crippen LogP contribution >= 0.6 is 0 Å². The van der Waals surface area contributed by atoms with Gasteiger partial charge in [0.1, 0.15) is 12.1 Å². The van der Waals surface area contributed by atoms with Crippen LogP contribution in [0, 0.1) is 23.2 Å². The second-order valence-corrected chi connectivity index (χ2v) is 13.7. The number of ketones is 1. The summed E-state index contributed by atoms with van der Waals surface area (Å²) in [6.45, 7) is 12.9. The first-order chi connectivity index (χ1) is 19.9. The van der Waals surface area contributed by atoms with Crippen molar-refractivity contribution in [1.82, 2.24) is 26.2 Å². The summed E-state index contributed by atoms with van der Waals surface area (Å²) in [5, 5.41) is 10.3. The number of amides is 5. The van der Waals surface area contributed by atoms with E-state index in [9.17, 15) is 37.1 Å². The lowest BCUT2D eigenvalue weighted by Gasteiger charge is -2.37. The minimum atomic E-state index is -4.62. The van der Waals surface area contributed by atoms with Gasteiger partial charge in [-0.15, -0.1) is 6.58 Å². The summed E-state index contributed by atoms with van der Waals surface area (Å²) in [6.07, 6.45) is -1.26. The molecule has 1 heterocycles. The van der Waals surface area contributed by atoms with E-state index in [-0.39, 0.29) is 36.3 Å². The van der Waals surface area contributed by atoms with Gasteiger partial charge in [-0.25, -0.2) is 4.79 Å². The zero-order chi connectivity index (χ0) is 32.3. The molecule has 0 spiro atoms. The number of rotatable bonds is 11. The molecule has 3 aliphatic rings. The molecule has 0 bridgehead atoms. The second-order valence-electron chi connectivity index (χ2n) is 13.7. The van der Waals surface area contributed by atoms with Crippen LogP contribution in [-0.4, -0.2) is 77.4 Å². The normalized spacial score (nSPS) is 24.7. The molecule has 3 rings (SSSR count). The monoisotopic (exact) mass is 613 g/mol. The van der Waals surface area contributed by atoms with Gasteiger partial charge in [-0.3, -0.25) is 19.2 Å². The van der Waals surface area contributed by atoms with Crippen LogP contribution in [-0.2, 0) is 19.2 Å². The third-order valence-corrected chi connectivity index (χ3v) is 8.90. The van der Waals surface area contributed by atoms with E-state index < -0.39 is 72.2 Å². The van der Waals surface area contributed by atoms with Crippen LogP contribution in [0.3, 0.4) is 0 Å². The minimum Gasteiger partial charge on any atom is -0.346 e. The standard InChI is InChI=1S/C30H46F3N5O5/c1-7-15-34-25(41)23(39)19(13-14-30(31,32)33)35-24(40)22-20-18(29(20,5)6)16-38(22)26(42)21(17-11-9-8-10-12-17)36-27(43)37-28(2,3)4/h7,17-22H,1,8-16H2,2-6H3,(H,34,41)(H,35,40)(H2,36,37,43)/t18-,19?,20-,21-,22-/m0/s1. The molecular weight excluding hydrogens is 567 g/mol. The van der Waals surface area contributed by atoms with E-state index in [4.69, 9.17) is 0 Å². The summed E-state index contributed by atoms with van der Waals surface area (Å²) in [5.41, 5.74) is -0.870. The van der Waals surface area contributed by atoms with Gasteiger partial charge in [0.25, 0.3) is 5.91 Å². The number of alkyl halides is 3. The maximum atomic E-state index is 14.2. The molecule has 2 aliphatic carbocycles. The smallest absolute Gasteiger partial charge is 0.346 e. The Labute approximate surface area is 251 Å². The quantitative estimate of drug-likeness (QED) is 0.210. The lowest BCUT2D eigenvalue weighted by Crippen LogP contribution is -2.61. The van der Waals surface area contributed by atoms with Crippen molar-refractivity contribution >= 4 is 29.5 Å². The fourth-order valence-corrected chi connectivity index (χ4v) is 6.60. The number of likely N-dealkylation sites (tertiary alicyclic amines) is 1. The topological polar surface area (TPSA) is 137 Å². The number of nitrogens with zero attached hydrogens (tertiary/aromatic N) is 1. The highest BCUT2D eigenvalue weighted by atomic mass is 19.4. The molecule has 10 nitrogen and oxygen atoms in total. The van der Waals surface area contributed by atoms with Gasteiger partial charge < -0.3 is 26.2 Å². The lowest BCUT2D eigenvalue weighted by molar-refractivity contribution is -0.147. The third kappa shape index (κ3) is 8.72. The summed E-state index contributed by atoms with van der Waals surface area (Å²) in [5.74, 6) is -4.03. The highest BCUT2D eigenvalue weighted by Crippen LogP contribution is 2.65. The number of hydrogen-bond acceptors (Lipinski definition) is 5. The van der Waals surface area contributed by atoms with E-state index in [1.165, 1.54) is 11.0 Å². The van der Waals surface area contributed by atoms with E-state index in [1.807, 2.05) is 34.6 Å². The van der Waals surface area contributed by atoms with E-state index >= 15 is 0 Å². The molecule has 4 N–H and O–H groups in total. The first-order valence-electron chi connectivity index (χ1n) is 15.1. The van der Waals surface area contributed by atoms with Crippen molar-refractivity contribution in [2.45, 2.75) is 109 Å². The molecule has 242 valence electrons. The predicted octanol–water partition coefficient (Wildman–Crippen LogP) is 3.21. The Bertz CT molecular complexity index is 1100. The number of halogens is 3. The molecule has 43 heavy (non-hydrogen) atoms. The molecule has 0 radical (unpaired) electrons. The third-order valence-electron chi connectivity index (χ3n) is 8.90. The number of carbonyl (C=O) groups excluding carboxylic acids is 5. The Hall–Kier alpha value is -3.12. The summed E-state index contributed by atoms with van der Waals surface area (Å²) in [7, 11) is 0. The Morgan fingerprint density at radius 1 is 1.02 bits per heavy atom. The van der Waals surface area contributed by atoms with E-state index in [0.717, 1.165) is 32.1 Å². The van der Waals surface area contributed by atoms with Gasteiger partial charge >= 0.3 is 12.2 Å². The first-order valence-corrected chi connectivity index (χ1v) is 15.1. The number of nitrogens with one attached hydrogen (secondary N) is 4. The average Bonchev–Trinajstić information content (AvgIpc) is 3.22. The van der Waals surface area contributed by atoms with Gasteiger partial charge in [-0.1, -0.05) is 39.2 Å². The molecule has 5 amide bonds. The molecular formula is C30H46F3N5O5. The first kappa shape index (κ1) is 34.4. The molecule has 2 saturated carbocycles. The maximum Gasteiger partial charge on any atom is 0.389 e. The number of carbonyl (C=O) groups is 5. The molecule has 3 fully saturated rings. The van der Waals surface area contributed by atoms with Crippen LogP contribution in [0.2, 0.25) is 0 Å². The van der Waals surface area contributed by atoms with Crippen LogP contribution < -0.4 is 21.3 Å². The molecule has 0 aromatic heterocycles. The van der Waals surface area contributed by atoms with Crippen LogP contribution in [0.25, 0.3) is 0 Å². The van der Waals surface area contributed by atoms with Gasteiger partial charge in [0.2, 0.25) is 17.6 Å². The van der Waals surface area contributed by atoms with Crippen molar-refractivity contribution in [2.24, 2.45) is 23.2 Å². The Balaban J connectivity index is 1.87. The zero-order valence-corrected chi connectivity index (χ0v) is 25.7. The minimum absolute atomic E-state index is 0.0391. The van der Waals surface area contributed by atoms with E-state index in [2.05, 4.69) is 27.8 Å². The molecule has 13 heteroatoms. The molecule has 1 aliphatic heterocycles. The zero-order valence-electron chi connectivity index (χ0n) is 25.7. The van der Waals surface area contributed by atoms with Crippen LogP contribution in [0.1, 0.15) is 79.6 Å². The largest absolute Gasteiger partial charge is 0.389 e. The van der Waals surface area contributed by atoms with E-state index in [0.29, 0.717) is 0 Å². The highest BCUT2D eigenvalue weighted by molar-refractivity contribution is 6.38. The molecule has 0 aromatic carbocycles. The van der Waals surface area contributed by atoms with Gasteiger partial charge in [-0.05, 0) is 63.2 Å². The van der Waals surface area contributed by atoms with Crippen LogP contribution in [0.5, 0.6) is 0 Å². The Kier molecular flexibility index (Phi) is 10.6. The SMILES string of the molecule is C=CCNC(=O)C(=O)C(CCC(F)(F)F)NC(=O)[C@@H]1[C@@H]2[C@H](CN1C(=O)[C@@H](NC(=O)NC(C)(C)C)C1CCCCC1)C2(C)C. The average molecular weight is 614 g/mol. The van der Waals surface area contributed by atoms with Crippen LogP contribution in [0.15, 0.2) is 12.7 Å². The second kappa shape index (κ2) is 13.3. The number of urea groups is 1. The van der Waals surface area contributed by atoms with Gasteiger partial charge in [0, 0.05) is 25.0 Å². The Morgan fingerprint density at radius 2 is 1.65 bits per heavy atom. The van der Waals surface area contributed by atoms with Gasteiger partial charge in [0.15, 0.2) is 0 Å². The molecule has 5 atom stereocenters. The highest BCUT2D eigenvalue weighted by Gasteiger charge is 2.69. The van der Waals surface area contributed by atoms with Crippen molar-refractivity contribution in [1.29, 1.82) is 0 Å². The summed E-state index contributed by atoms with van der Waals surface area (Å²) in [4.78, 5) is 67.4. The summed E-state index contributed by atoms with van der Waals surface area (Å²) >= 11 is 0. The van der Waals surface area contributed by atoms with Gasteiger partial charge in [0.05, 0.1) is 6.04 Å². The Morgan fingerprint density at radius 3 is 2.21 bits per heavy atom. The molecule has 0 aromatic rings. The summed E-state index contributed by atoms with van der Waals surface area (Å²) < 4.78 is 39.3. The van der Waals surface area contributed by atoms with Crippen molar-refractivity contribution in [3.05, 3.63) is 12.7 Å². The predicted molar refractivity (Wildman–Crippen MR) is 153 cm³/mol. The maximum absolute atomic E-state index is 14.2. The molecule has 1 saturated heterocycles. The number of Topliss-reactive ketones (excluding diaryl/α,β-unsaturated/α-hetero) is 1. The van der Waals surface area contributed by atoms with Crippen molar-refractivity contribution in [2.75, 3.05) is 13.1 Å². The van der Waals surface area contributed by atoms with Crippen molar-refractivity contribution in [3.8, 4) is 0 Å². The van der Waals surface area contributed by atoms with E-state index in [1.54, 1.807) is 0 Å². The van der Waals surface area contributed by atoms with Crippen LogP contribution in [0.4, 0.5) is 18.0 Å². The fourth-order valence-electron chi connectivity index (χ4n) is 6.60. The number of hydrogen-bond donors (Lipinski definition) is 4. The molecule has 1 unspecified atom stereocenters. The number of piperidine rings is 1. The van der Waals surface area contributed by atoms with Crippen molar-refractivity contribution in [3.63, 3.8) is 0 Å². The lowest BCUT2D eigenvalue weighted by atomic mass is 9.83. The van der Waals surface area contributed by atoms with Gasteiger partial charge in [-0.2, -0.15) is 13.2 Å². The number of fused-ring (bicyclic) bond motifs is 1.